The fourth-order valence-electron chi connectivity index (χ4n) is 1.10. The summed E-state index contributed by atoms with van der Waals surface area (Å²) in [6, 6.07) is 3.26. The Morgan fingerprint density at radius 2 is 2.33 bits per heavy atom. The number of carbonyl (C=O) groups is 1. The van der Waals surface area contributed by atoms with E-state index in [0.717, 1.165) is 0 Å². The van der Waals surface area contributed by atoms with Gasteiger partial charge < -0.3 is 11.1 Å². The van der Waals surface area contributed by atoms with Gasteiger partial charge in [-0.25, -0.2) is 4.98 Å². The molecule has 0 saturated heterocycles. The van der Waals surface area contributed by atoms with Gasteiger partial charge in [0.2, 0.25) is 5.91 Å². The molecule has 0 aromatic carbocycles. The van der Waals surface area contributed by atoms with E-state index < -0.39 is 5.54 Å². The molecule has 1 aromatic heterocycles. The number of nitrogens with one attached hydrogen (secondary N) is 1. The van der Waals surface area contributed by atoms with Crippen molar-refractivity contribution < 1.29 is 4.79 Å². The molecule has 4 nitrogen and oxygen atoms in total. The number of hydrogen-bond acceptors (Lipinski definition) is 3. The molecule has 0 fully saturated rings. The maximum absolute atomic E-state index is 11.5. The number of nitrogens with zero attached hydrogens (tertiary/aromatic N) is 1. The van der Waals surface area contributed by atoms with Crippen LogP contribution in [0.5, 0.6) is 0 Å². The summed E-state index contributed by atoms with van der Waals surface area (Å²) in [5.41, 5.74) is 5.84. The summed E-state index contributed by atoms with van der Waals surface area (Å²) in [5, 5.41) is 3.04. The molecule has 82 valence electrons. The van der Waals surface area contributed by atoms with Crippen LogP contribution in [0, 0.1) is 0 Å². The monoisotopic (exact) mass is 227 g/mol. The van der Waals surface area contributed by atoms with Crippen LogP contribution in [0.25, 0.3) is 0 Å². The summed E-state index contributed by atoms with van der Waals surface area (Å²) >= 11 is 5.67. The highest BCUT2D eigenvalue weighted by molar-refractivity contribution is 6.29. The topological polar surface area (TPSA) is 68.0 Å². The van der Waals surface area contributed by atoms with Crippen molar-refractivity contribution in [3.05, 3.63) is 23.5 Å². The average Bonchev–Trinajstić information content (AvgIpc) is 1.99. The van der Waals surface area contributed by atoms with Crippen LogP contribution in [0.2, 0.25) is 5.15 Å². The third kappa shape index (κ3) is 4.76. The van der Waals surface area contributed by atoms with Gasteiger partial charge in [0.05, 0.1) is 0 Å². The molecular formula is C10H14ClN3O. The van der Waals surface area contributed by atoms with Crippen LogP contribution in [0.1, 0.15) is 20.3 Å². The Kier molecular flexibility index (Phi) is 3.66. The fourth-order valence-corrected chi connectivity index (χ4v) is 1.27. The molecule has 0 unspecified atom stereocenters. The largest absolute Gasteiger partial charge is 0.326 e. The lowest BCUT2D eigenvalue weighted by Crippen LogP contribution is -2.36. The molecule has 1 rings (SSSR count). The molecule has 1 aromatic rings. The smallest absolute Gasteiger partial charge is 0.226 e. The summed E-state index contributed by atoms with van der Waals surface area (Å²) in [6.07, 6.45) is 1.79. The lowest BCUT2D eigenvalue weighted by molar-refractivity contribution is -0.117. The Morgan fingerprint density at radius 1 is 1.67 bits per heavy atom. The quantitative estimate of drug-likeness (QED) is 0.774. The molecule has 0 spiro atoms. The number of halogens is 1. The molecular weight excluding hydrogens is 214 g/mol. The van der Waals surface area contributed by atoms with Crippen LogP contribution < -0.4 is 11.1 Å². The summed E-state index contributed by atoms with van der Waals surface area (Å²) in [4.78, 5) is 15.3. The number of carbonyl (C=O) groups excluding carboxylic acids is 1. The molecule has 0 bridgehead atoms. The molecule has 0 saturated carbocycles. The van der Waals surface area contributed by atoms with Crippen molar-refractivity contribution in [1.29, 1.82) is 0 Å². The lowest BCUT2D eigenvalue weighted by atomic mass is 10.0. The van der Waals surface area contributed by atoms with Crippen molar-refractivity contribution in [2.24, 2.45) is 5.73 Å². The Morgan fingerprint density at radius 3 is 2.87 bits per heavy atom. The van der Waals surface area contributed by atoms with Gasteiger partial charge in [-0.05, 0) is 26.0 Å². The molecule has 3 N–H and O–H groups in total. The number of pyridine rings is 1. The van der Waals surface area contributed by atoms with Crippen molar-refractivity contribution in [2.75, 3.05) is 5.32 Å². The predicted octanol–water partition coefficient (Wildman–Crippen LogP) is 1.80. The number of aromatic nitrogens is 1. The van der Waals surface area contributed by atoms with Crippen LogP contribution in [0.15, 0.2) is 18.3 Å². The average molecular weight is 228 g/mol. The summed E-state index contributed by atoms with van der Waals surface area (Å²) in [5.74, 6) is -0.134. The predicted molar refractivity (Wildman–Crippen MR) is 60.8 cm³/mol. The van der Waals surface area contributed by atoms with Crippen LogP contribution in [-0.4, -0.2) is 16.4 Å². The van der Waals surface area contributed by atoms with Crippen molar-refractivity contribution >= 4 is 23.2 Å². The molecule has 1 heterocycles. The van der Waals surface area contributed by atoms with Crippen LogP contribution >= 0.6 is 11.6 Å². The van der Waals surface area contributed by atoms with E-state index in [4.69, 9.17) is 17.3 Å². The van der Waals surface area contributed by atoms with Gasteiger partial charge >= 0.3 is 0 Å². The van der Waals surface area contributed by atoms with E-state index in [9.17, 15) is 4.79 Å². The Bertz CT molecular complexity index is 360. The van der Waals surface area contributed by atoms with Gasteiger partial charge in [0.15, 0.2) is 0 Å². The zero-order valence-corrected chi connectivity index (χ0v) is 9.51. The first-order valence-corrected chi connectivity index (χ1v) is 4.95. The highest BCUT2D eigenvalue weighted by Crippen LogP contribution is 2.13. The Balaban J connectivity index is 2.59. The third-order valence-electron chi connectivity index (χ3n) is 1.63. The normalized spacial score (nSPS) is 11.2. The van der Waals surface area contributed by atoms with E-state index in [-0.39, 0.29) is 12.3 Å². The van der Waals surface area contributed by atoms with Gasteiger partial charge in [-0.15, -0.1) is 0 Å². The Labute approximate surface area is 93.8 Å². The second-order valence-electron chi connectivity index (χ2n) is 4.08. The molecule has 0 aliphatic rings. The van der Waals surface area contributed by atoms with Crippen molar-refractivity contribution in [3.63, 3.8) is 0 Å². The lowest BCUT2D eigenvalue weighted by Gasteiger charge is -2.17. The van der Waals surface area contributed by atoms with Crippen molar-refractivity contribution in [3.8, 4) is 0 Å². The Hall–Kier alpha value is -1.13. The number of nitrogens with two attached hydrogens (primary N) is 1. The van der Waals surface area contributed by atoms with E-state index in [0.29, 0.717) is 10.8 Å². The zero-order valence-electron chi connectivity index (χ0n) is 8.75. The number of rotatable bonds is 3. The highest BCUT2D eigenvalue weighted by Gasteiger charge is 2.16. The zero-order chi connectivity index (χ0) is 11.5. The van der Waals surface area contributed by atoms with E-state index in [1.807, 2.05) is 0 Å². The van der Waals surface area contributed by atoms with Crippen LogP contribution in [0.4, 0.5) is 5.69 Å². The summed E-state index contributed by atoms with van der Waals surface area (Å²) in [6.45, 7) is 3.60. The van der Waals surface area contributed by atoms with Gasteiger partial charge in [0.25, 0.3) is 0 Å². The first kappa shape index (κ1) is 11.9. The second-order valence-corrected chi connectivity index (χ2v) is 4.47. The minimum atomic E-state index is -0.513. The van der Waals surface area contributed by atoms with Crippen LogP contribution in [-0.2, 0) is 4.79 Å². The number of hydrogen-bond donors (Lipinski definition) is 2. The molecule has 5 heteroatoms. The minimum absolute atomic E-state index is 0.134. The number of anilines is 1. The first-order chi connectivity index (χ1) is 6.87. The van der Waals surface area contributed by atoms with Gasteiger partial charge in [-0.3, -0.25) is 4.79 Å². The van der Waals surface area contributed by atoms with Gasteiger partial charge in [-0.1, -0.05) is 11.6 Å². The fraction of sp³-hybridized carbons (Fsp3) is 0.400. The summed E-state index contributed by atoms with van der Waals surface area (Å²) < 4.78 is 0. The van der Waals surface area contributed by atoms with E-state index in [2.05, 4.69) is 10.3 Å². The maximum Gasteiger partial charge on any atom is 0.226 e. The minimum Gasteiger partial charge on any atom is -0.326 e. The molecule has 0 atom stereocenters. The molecule has 0 aliphatic carbocycles. The summed E-state index contributed by atoms with van der Waals surface area (Å²) in [7, 11) is 0. The molecule has 0 aliphatic heterocycles. The molecule has 15 heavy (non-hydrogen) atoms. The van der Waals surface area contributed by atoms with E-state index in [1.54, 1.807) is 26.0 Å². The SMILES string of the molecule is CC(C)(N)CC(=O)Nc1ccnc(Cl)c1. The van der Waals surface area contributed by atoms with Crippen molar-refractivity contribution in [1.82, 2.24) is 4.98 Å². The standard InChI is InChI=1S/C10H14ClN3O/c1-10(2,12)6-9(15)14-7-3-4-13-8(11)5-7/h3-5H,6,12H2,1-2H3,(H,13,14,15). The second kappa shape index (κ2) is 4.59. The van der Waals surface area contributed by atoms with E-state index >= 15 is 0 Å². The van der Waals surface area contributed by atoms with Gasteiger partial charge in [0, 0.05) is 23.8 Å². The van der Waals surface area contributed by atoms with Gasteiger partial charge in [-0.2, -0.15) is 0 Å². The first-order valence-electron chi connectivity index (χ1n) is 4.57. The maximum atomic E-state index is 11.5. The molecule has 0 radical (unpaired) electrons. The van der Waals surface area contributed by atoms with Crippen molar-refractivity contribution in [2.45, 2.75) is 25.8 Å². The van der Waals surface area contributed by atoms with E-state index in [1.165, 1.54) is 6.20 Å². The third-order valence-corrected chi connectivity index (χ3v) is 1.83. The molecule has 1 amide bonds. The highest BCUT2D eigenvalue weighted by atomic mass is 35.5. The van der Waals surface area contributed by atoms with Gasteiger partial charge in [0.1, 0.15) is 5.15 Å². The number of amides is 1. The van der Waals surface area contributed by atoms with Crippen LogP contribution in [0.3, 0.4) is 0 Å².